The van der Waals surface area contributed by atoms with Crippen LogP contribution in [0, 0.1) is 0 Å². The molecule has 0 saturated carbocycles. The van der Waals surface area contributed by atoms with E-state index < -0.39 is 0 Å². The van der Waals surface area contributed by atoms with Crippen LogP contribution in [-0.2, 0) is 0 Å². The fourth-order valence-corrected chi connectivity index (χ4v) is 3.01. The third kappa shape index (κ3) is 2.91. The Morgan fingerprint density at radius 2 is 2.00 bits per heavy atom. The molecule has 4 heteroatoms. The van der Waals surface area contributed by atoms with Crippen molar-refractivity contribution in [3.8, 4) is 5.75 Å². The van der Waals surface area contributed by atoms with Crippen molar-refractivity contribution in [2.45, 2.75) is 38.3 Å². The summed E-state index contributed by atoms with van der Waals surface area (Å²) in [6.07, 6.45) is 2.55. The van der Waals surface area contributed by atoms with Crippen molar-refractivity contribution in [3.63, 3.8) is 0 Å². The van der Waals surface area contributed by atoms with Gasteiger partial charge in [0.1, 0.15) is 5.75 Å². The molecule has 106 valence electrons. The minimum absolute atomic E-state index is 0.0163. The fraction of sp³-hybridized carbons (Fsp3) is 0.600. The maximum absolute atomic E-state index is 5.83. The molecule has 0 amide bonds. The predicted octanol–water partition coefficient (Wildman–Crippen LogP) is 2.07. The second kappa shape index (κ2) is 5.90. The Kier molecular flexibility index (Phi) is 4.45. The van der Waals surface area contributed by atoms with Crippen molar-refractivity contribution in [1.82, 2.24) is 10.3 Å². The van der Waals surface area contributed by atoms with E-state index in [2.05, 4.69) is 36.3 Å². The molecule has 0 aliphatic carbocycles. The Balaban J connectivity index is 2.26. The highest BCUT2D eigenvalue weighted by Gasteiger charge is 2.37. The van der Waals surface area contributed by atoms with Gasteiger partial charge in [0.25, 0.3) is 0 Å². The van der Waals surface area contributed by atoms with Crippen molar-refractivity contribution in [2.75, 3.05) is 20.2 Å². The molecule has 4 nitrogen and oxygen atoms in total. The Labute approximate surface area is 115 Å². The van der Waals surface area contributed by atoms with E-state index in [1.54, 1.807) is 7.11 Å². The smallest absolute Gasteiger partial charge is 0.119 e. The Morgan fingerprint density at radius 3 is 2.58 bits per heavy atom. The van der Waals surface area contributed by atoms with Crippen LogP contribution in [0.5, 0.6) is 5.75 Å². The van der Waals surface area contributed by atoms with Gasteiger partial charge in [-0.3, -0.25) is 16.2 Å². The molecule has 1 saturated heterocycles. The zero-order valence-electron chi connectivity index (χ0n) is 12.1. The van der Waals surface area contributed by atoms with Gasteiger partial charge < -0.3 is 4.74 Å². The maximum atomic E-state index is 5.83. The molecule has 1 aliphatic heterocycles. The van der Waals surface area contributed by atoms with E-state index in [1.165, 1.54) is 18.4 Å². The molecular formula is C15H25N3O. The van der Waals surface area contributed by atoms with Crippen molar-refractivity contribution >= 4 is 0 Å². The molecule has 0 spiro atoms. The molecule has 1 atom stereocenters. The minimum atomic E-state index is -0.0163. The largest absolute Gasteiger partial charge is 0.497 e. The van der Waals surface area contributed by atoms with Crippen LogP contribution in [-0.4, -0.2) is 30.6 Å². The fourth-order valence-electron chi connectivity index (χ4n) is 3.01. The van der Waals surface area contributed by atoms with Gasteiger partial charge in [-0.2, -0.15) is 0 Å². The van der Waals surface area contributed by atoms with Gasteiger partial charge in [-0.25, -0.2) is 0 Å². The van der Waals surface area contributed by atoms with Crippen LogP contribution in [0.4, 0.5) is 0 Å². The van der Waals surface area contributed by atoms with Crippen LogP contribution in [0.15, 0.2) is 24.3 Å². The standard InChI is InChI=1S/C15H25N3O/c1-15(2,18-9-4-5-10-18)14(17-16)12-7-6-8-13(11-12)19-3/h6-8,11,14,17H,4-5,9-10,16H2,1-3H3. The molecule has 1 aromatic rings. The van der Waals surface area contributed by atoms with Gasteiger partial charge in [0.15, 0.2) is 0 Å². The summed E-state index contributed by atoms with van der Waals surface area (Å²) in [4.78, 5) is 2.51. The number of ether oxygens (including phenoxy) is 1. The summed E-state index contributed by atoms with van der Waals surface area (Å²) in [5.74, 6) is 6.70. The first kappa shape index (κ1) is 14.3. The van der Waals surface area contributed by atoms with Crippen molar-refractivity contribution in [1.29, 1.82) is 0 Å². The molecule has 0 radical (unpaired) electrons. The zero-order chi connectivity index (χ0) is 13.9. The number of nitrogens with one attached hydrogen (secondary N) is 1. The Morgan fingerprint density at radius 1 is 1.32 bits per heavy atom. The summed E-state index contributed by atoms with van der Waals surface area (Å²) >= 11 is 0. The molecule has 3 N–H and O–H groups in total. The average molecular weight is 263 g/mol. The van der Waals surface area contributed by atoms with Crippen LogP contribution in [0.1, 0.15) is 38.3 Å². The van der Waals surface area contributed by atoms with Crippen LogP contribution >= 0.6 is 0 Å². The molecule has 0 bridgehead atoms. The molecular weight excluding hydrogens is 238 g/mol. The molecule has 1 heterocycles. The van der Waals surface area contributed by atoms with Gasteiger partial charge >= 0.3 is 0 Å². The summed E-state index contributed by atoms with van der Waals surface area (Å²) in [6.45, 7) is 6.80. The second-order valence-corrected chi connectivity index (χ2v) is 5.72. The van der Waals surface area contributed by atoms with E-state index in [0.29, 0.717) is 0 Å². The number of hydrogen-bond donors (Lipinski definition) is 2. The van der Waals surface area contributed by atoms with Crippen molar-refractivity contribution in [2.24, 2.45) is 5.84 Å². The van der Waals surface area contributed by atoms with E-state index in [4.69, 9.17) is 10.6 Å². The maximum Gasteiger partial charge on any atom is 0.119 e. The lowest BCUT2D eigenvalue weighted by atomic mass is 9.87. The van der Waals surface area contributed by atoms with E-state index in [-0.39, 0.29) is 11.6 Å². The molecule has 1 aliphatic rings. The number of hydrazine groups is 1. The van der Waals surface area contributed by atoms with Crippen LogP contribution in [0.3, 0.4) is 0 Å². The third-order valence-electron chi connectivity index (χ3n) is 4.22. The van der Waals surface area contributed by atoms with Crippen LogP contribution in [0.25, 0.3) is 0 Å². The lowest BCUT2D eigenvalue weighted by Gasteiger charge is -2.42. The number of methoxy groups -OCH3 is 1. The third-order valence-corrected chi connectivity index (χ3v) is 4.22. The van der Waals surface area contributed by atoms with Gasteiger partial charge in [-0.1, -0.05) is 12.1 Å². The van der Waals surface area contributed by atoms with E-state index in [0.717, 1.165) is 18.8 Å². The Bertz CT molecular complexity index is 414. The molecule has 0 aromatic heterocycles. The van der Waals surface area contributed by atoms with Gasteiger partial charge in [-0.15, -0.1) is 0 Å². The van der Waals surface area contributed by atoms with Crippen molar-refractivity contribution < 1.29 is 4.74 Å². The quantitative estimate of drug-likeness (QED) is 0.631. The lowest BCUT2D eigenvalue weighted by Crippen LogP contribution is -2.53. The highest BCUT2D eigenvalue weighted by Crippen LogP contribution is 2.34. The average Bonchev–Trinajstić information content (AvgIpc) is 2.94. The first-order valence-electron chi connectivity index (χ1n) is 6.94. The number of rotatable bonds is 5. The van der Waals surface area contributed by atoms with Gasteiger partial charge in [-0.05, 0) is 57.5 Å². The summed E-state index contributed by atoms with van der Waals surface area (Å²) in [7, 11) is 1.69. The highest BCUT2D eigenvalue weighted by molar-refractivity contribution is 5.32. The normalized spacial score (nSPS) is 18.5. The SMILES string of the molecule is COc1cccc(C(NN)C(C)(C)N2CCCC2)c1. The van der Waals surface area contributed by atoms with E-state index in [9.17, 15) is 0 Å². The predicted molar refractivity (Wildman–Crippen MR) is 77.9 cm³/mol. The van der Waals surface area contributed by atoms with E-state index >= 15 is 0 Å². The monoisotopic (exact) mass is 263 g/mol. The summed E-state index contributed by atoms with van der Waals surface area (Å²) < 4.78 is 5.31. The topological polar surface area (TPSA) is 50.5 Å². The molecule has 1 fully saturated rings. The van der Waals surface area contributed by atoms with Gasteiger partial charge in [0.2, 0.25) is 0 Å². The number of benzene rings is 1. The zero-order valence-corrected chi connectivity index (χ0v) is 12.1. The minimum Gasteiger partial charge on any atom is -0.497 e. The van der Waals surface area contributed by atoms with Crippen LogP contribution in [0.2, 0.25) is 0 Å². The lowest BCUT2D eigenvalue weighted by molar-refractivity contribution is 0.107. The van der Waals surface area contributed by atoms with E-state index in [1.807, 2.05) is 12.1 Å². The molecule has 1 unspecified atom stereocenters. The van der Waals surface area contributed by atoms with Gasteiger partial charge in [0, 0.05) is 5.54 Å². The first-order valence-corrected chi connectivity index (χ1v) is 6.94. The number of hydrogen-bond acceptors (Lipinski definition) is 4. The summed E-state index contributed by atoms with van der Waals surface area (Å²) in [5, 5.41) is 0. The first-order chi connectivity index (χ1) is 9.09. The number of nitrogens with two attached hydrogens (primary N) is 1. The molecule has 19 heavy (non-hydrogen) atoms. The number of likely N-dealkylation sites (tertiary alicyclic amines) is 1. The second-order valence-electron chi connectivity index (χ2n) is 5.72. The molecule has 2 rings (SSSR count). The van der Waals surface area contributed by atoms with Crippen molar-refractivity contribution in [3.05, 3.63) is 29.8 Å². The summed E-state index contributed by atoms with van der Waals surface area (Å²) in [6, 6.07) is 8.21. The van der Waals surface area contributed by atoms with Crippen LogP contribution < -0.4 is 16.0 Å². The molecule has 1 aromatic carbocycles. The summed E-state index contributed by atoms with van der Waals surface area (Å²) in [5.41, 5.74) is 4.14. The van der Waals surface area contributed by atoms with Gasteiger partial charge in [0.05, 0.1) is 13.2 Å². The Hall–Kier alpha value is -1.10. The number of nitrogens with zero attached hydrogens (tertiary/aromatic N) is 1. The highest BCUT2D eigenvalue weighted by atomic mass is 16.5.